The first-order valence-corrected chi connectivity index (χ1v) is 5.65. The lowest BCUT2D eigenvalue weighted by atomic mass is 10.0. The molecule has 1 aliphatic rings. The largest absolute Gasteiger partial charge is 0.352 e. The van der Waals surface area contributed by atoms with Crippen molar-refractivity contribution >= 4 is 5.91 Å². The molecule has 1 aliphatic carbocycles. The Morgan fingerprint density at radius 3 is 3.07 bits per heavy atom. The van der Waals surface area contributed by atoms with Crippen LogP contribution in [0.5, 0.6) is 0 Å². The molecule has 0 aromatic rings. The number of nitrogens with one attached hydrogen (secondary N) is 1. The van der Waals surface area contributed by atoms with E-state index in [1.165, 1.54) is 0 Å². The van der Waals surface area contributed by atoms with Crippen molar-refractivity contribution in [3.63, 3.8) is 0 Å². The van der Waals surface area contributed by atoms with E-state index in [4.69, 9.17) is 6.42 Å². The second-order valence-corrected chi connectivity index (χ2v) is 4.05. The lowest BCUT2D eigenvalue weighted by molar-refractivity contribution is -0.122. The Labute approximate surface area is 92.1 Å². The number of amides is 1. The molecule has 1 amide bonds. The van der Waals surface area contributed by atoms with E-state index in [9.17, 15) is 4.79 Å². The molecule has 0 saturated heterocycles. The van der Waals surface area contributed by atoms with Gasteiger partial charge in [0.2, 0.25) is 5.91 Å². The van der Waals surface area contributed by atoms with E-state index in [1.54, 1.807) is 0 Å². The molecule has 2 unspecified atom stereocenters. The highest BCUT2D eigenvalue weighted by atomic mass is 16.1. The van der Waals surface area contributed by atoms with E-state index in [0.717, 1.165) is 19.3 Å². The molecule has 2 nitrogen and oxygen atoms in total. The molecule has 2 atom stereocenters. The Balaban J connectivity index is 2.27. The van der Waals surface area contributed by atoms with Gasteiger partial charge in [-0.2, -0.15) is 0 Å². The quantitative estimate of drug-likeness (QED) is 0.541. The van der Waals surface area contributed by atoms with Crippen molar-refractivity contribution < 1.29 is 4.79 Å². The molecular weight excluding hydrogens is 186 g/mol. The lowest BCUT2D eigenvalue weighted by Gasteiger charge is -2.15. The Hall–Kier alpha value is -1.23. The molecule has 0 aromatic carbocycles. The lowest BCUT2D eigenvalue weighted by Crippen LogP contribution is -2.34. The van der Waals surface area contributed by atoms with E-state index < -0.39 is 0 Å². The predicted octanol–water partition coefficient (Wildman–Crippen LogP) is 2.26. The van der Waals surface area contributed by atoms with Crippen LogP contribution in [-0.4, -0.2) is 11.9 Å². The number of carbonyl (C=O) groups is 1. The third-order valence-corrected chi connectivity index (χ3v) is 2.78. The molecule has 0 aliphatic heterocycles. The highest BCUT2D eigenvalue weighted by Gasteiger charge is 2.15. The summed E-state index contributed by atoms with van der Waals surface area (Å²) < 4.78 is 0. The monoisotopic (exact) mass is 205 g/mol. The first-order chi connectivity index (χ1) is 7.26. The van der Waals surface area contributed by atoms with Gasteiger partial charge in [0.1, 0.15) is 0 Å². The SMILES string of the molecule is C#CCC(CC)NC(=O)CC1C=CCC1. The average Bonchev–Trinajstić information content (AvgIpc) is 2.69. The van der Waals surface area contributed by atoms with Gasteiger partial charge >= 0.3 is 0 Å². The molecule has 2 heteroatoms. The van der Waals surface area contributed by atoms with E-state index in [1.807, 2.05) is 6.92 Å². The summed E-state index contributed by atoms with van der Waals surface area (Å²) in [4.78, 5) is 11.6. The number of rotatable bonds is 5. The van der Waals surface area contributed by atoms with Crippen LogP contribution in [0.1, 0.15) is 39.0 Å². The topological polar surface area (TPSA) is 29.1 Å². The fourth-order valence-corrected chi connectivity index (χ4v) is 1.83. The minimum Gasteiger partial charge on any atom is -0.352 e. The minimum absolute atomic E-state index is 0.133. The Morgan fingerprint density at radius 2 is 2.53 bits per heavy atom. The maximum absolute atomic E-state index is 11.6. The fourth-order valence-electron chi connectivity index (χ4n) is 1.83. The molecule has 1 rings (SSSR count). The van der Waals surface area contributed by atoms with Gasteiger partial charge in [-0.15, -0.1) is 12.3 Å². The molecule has 0 bridgehead atoms. The van der Waals surface area contributed by atoms with Crippen LogP contribution in [0.15, 0.2) is 12.2 Å². The van der Waals surface area contributed by atoms with E-state index in [2.05, 4.69) is 23.4 Å². The van der Waals surface area contributed by atoms with Crippen LogP contribution < -0.4 is 5.32 Å². The van der Waals surface area contributed by atoms with Crippen LogP contribution in [0.25, 0.3) is 0 Å². The molecule has 0 spiro atoms. The molecule has 0 aromatic heterocycles. The van der Waals surface area contributed by atoms with Crippen LogP contribution in [0.2, 0.25) is 0 Å². The molecule has 82 valence electrons. The number of carbonyl (C=O) groups excluding carboxylic acids is 1. The van der Waals surface area contributed by atoms with Crippen molar-refractivity contribution in [2.75, 3.05) is 0 Å². The van der Waals surface area contributed by atoms with Gasteiger partial charge < -0.3 is 5.32 Å². The van der Waals surface area contributed by atoms with Crippen LogP contribution in [-0.2, 0) is 4.79 Å². The van der Waals surface area contributed by atoms with Crippen molar-refractivity contribution in [1.82, 2.24) is 5.32 Å². The summed E-state index contributed by atoms with van der Waals surface area (Å²) in [7, 11) is 0. The molecule has 1 N–H and O–H groups in total. The number of allylic oxidation sites excluding steroid dienone is 2. The van der Waals surface area contributed by atoms with Crippen LogP contribution in [0.4, 0.5) is 0 Å². The zero-order valence-corrected chi connectivity index (χ0v) is 9.33. The molecule has 0 fully saturated rings. The van der Waals surface area contributed by atoms with Crippen molar-refractivity contribution in [3.8, 4) is 12.3 Å². The smallest absolute Gasteiger partial charge is 0.220 e. The summed E-state index contributed by atoms with van der Waals surface area (Å²) in [5.74, 6) is 3.16. The summed E-state index contributed by atoms with van der Waals surface area (Å²) >= 11 is 0. The zero-order valence-electron chi connectivity index (χ0n) is 9.33. The Morgan fingerprint density at radius 1 is 1.73 bits per heavy atom. The number of hydrogen-bond acceptors (Lipinski definition) is 1. The third-order valence-electron chi connectivity index (χ3n) is 2.78. The molecular formula is C13H19NO. The van der Waals surface area contributed by atoms with Crippen LogP contribution >= 0.6 is 0 Å². The Kier molecular flexibility index (Phi) is 4.97. The van der Waals surface area contributed by atoms with Gasteiger partial charge in [-0.3, -0.25) is 4.79 Å². The predicted molar refractivity (Wildman–Crippen MR) is 62.2 cm³/mol. The summed E-state index contributed by atoms with van der Waals surface area (Å²) in [5.41, 5.74) is 0. The third kappa shape index (κ3) is 4.20. The van der Waals surface area contributed by atoms with Gasteiger partial charge in [-0.05, 0) is 25.2 Å². The van der Waals surface area contributed by atoms with E-state index >= 15 is 0 Å². The average molecular weight is 205 g/mol. The fraction of sp³-hybridized carbons (Fsp3) is 0.615. The number of terminal acetylenes is 1. The second kappa shape index (κ2) is 6.29. The van der Waals surface area contributed by atoms with Crippen LogP contribution in [0, 0.1) is 18.3 Å². The molecule has 0 radical (unpaired) electrons. The van der Waals surface area contributed by atoms with Crippen molar-refractivity contribution in [2.45, 2.75) is 45.1 Å². The normalized spacial score (nSPS) is 20.9. The van der Waals surface area contributed by atoms with Gasteiger partial charge in [0, 0.05) is 18.9 Å². The first kappa shape index (κ1) is 11.8. The van der Waals surface area contributed by atoms with E-state index in [-0.39, 0.29) is 11.9 Å². The van der Waals surface area contributed by atoms with Gasteiger partial charge in [0.15, 0.2) is 0 Å². The Bertz CT molecular complexity index is 275. The summed E-state index contributed by atoms with van der Waals surface area (Å²) in [6.07, 6.45) is 13.9. The van der Waals surface area contributed by atoms with Crippen molar-refractivity contribution in [1.29, 1.82) is 0 Å². The molecule has 15 heavy (non-hydrogen) atoms. The van der Waals surface area contributed by atoms with Gasteiger partial charge in [-0.1, -0.05) is 19.1 Å². The standard InChI is InChI=1S/C13H19NO/c1-3-7-12(4-2)14-13(15)10-11-8-5-6-9-11/h1,5,8,11-12H,4,6-7,9-10H2,2H3,(H,14,15). The van der Waals surface area contributed by atoms with Gasteiger partial charge in [0.05, 0.1) is 0 Å². The second-order valence-electron chi connectivity index (χ2n) is 4.05. The highest BCUT2D eigenvalue weighted by Crippen LogP contribution is 2.20. The van der Waals surface area contributed by atoms with Crippen molar-refractivity contribution in [2.24, 2.45) is 5.92 Å². The highest BCUT2D eigenvalue weighted by molar-refractivity contribution is 5.76. The van der Waals surface area contributed by atoms with E-state index in [0.29, 0.717) is 18.8 Å². The zero-order chi connectivity index (χ0) is 11.1. The number of hydrogen-bond donors (Lipinski definition) is 1. The van der Waals surface area contributed by atoms with Crippen molar-refractivity contribution in [3.05, 3.63) is 12.2 Å². The van der Waals surface area contributed by atoms with Gasteiger partial charge in [0.25, 0.3) is 0 Å². The van der Waals surface area contributed by atoms with Crippen LogP contribution in [0.3, 0.4) is 0 Å². The summed E-state index contributed by atoms with van der Waals surface area (Å²) in [6.45, 7) is 2.04. The first-order valence-electron chi connectivity index (χ1n) is 5.65. The summed E-state index contributed by atoms with van der Waals surface area (Å²) in [5, 5.41) is 2.98. The molecule has 0 heterocycles. The molecule has 0 saturated carbocycles. The van der Waals surface area contributed by atoms with Gasteiger partial charge in [-0.25, -0.2) is 0 Å². The minimum atomic E-state index is 0.133. The maximum atomic E-state index is 11.6. The summed E-state index contributed by atoms with van der Waals surface area (Å²) in [6, 6.07) is 0.146. The maximum Gasteiger partial charge on any atom is 0.220 e.